The number of amides is 1. The van der Waals surface area contributed by atoms with Crippen molar-refractivity contribution >= 4 is 17.3 Å². The third-order valence-corrected chi connectivity index (χ3v) is 3.44. The fourth-order valence-electron chi connectivity index (χ4n) is 2.00. The van der Waals surface area contributed by atoms with E-state index in [4.69, 9.17) is 0 Å². The Morgan fingerprint density at radius 2 is 1.63 bits per heavy atom. The molecule has 1 N–H and O–H groups in total. The Hall–Kier alpha value is -2.58. The monoisotopic (exact) mass is 412 g/mol. The highest BCUT2D eigenvalue weighted by molar-refractivity contribution is 5.97. The summed E-state index contributed by atoms with van der Waals surface area (Å²) in [6.07, 6.45) is -6.36. The van der Waals surface area contributed by atoms with Gasteiger partial charge in [0, 0.05) is 17.8 Å². The molecule has 6 nitrogen and oxygen atoms in total. The van der Waals surface area contributed by atoms with Gasteiger partial charge in [-0.05, 0) is 6.07 Å². The molecule has 1 heterocycles. The maximum absolute atomic E-state index is 14.0. The number of benzene rings is 1. The highest BCUT2D eigenvalue weighted by Crippen LogP contribution is 2.64. The molecule has 0 radical (unpaired) electrons. The molecule has 27 heavy (non-hydrogen) atoms. The first kappa shape index (κ1) is 20.7. The van der Waals surface area contributed by atoms with Gasteiger partial charge in [0.15, 0.2) is 0 Å². The average Bonchev–Trinajstić information content (AvgIpc) is 2.62. The van der Waals surface area contributed by atoms with Crippen LogP contribution in [0.3, 0.4) is 0 Å². The summed E-state index contributed by atoms with van der Waals surface area (Å²) in [6.45, 7) is 0. The molecule has 0 aromatic heterocycles. The van der Waals surface area contributed by atoms with E-state index >= 15 is 0 Å². The van der Waals surface area contributed by atoms with Gasteiger partial charge in [0.05, 0.1) is 4.92 Å². The van der Waals surface area contributed by atoms with Crippen molar-refractivity contribution in [1.82, 2.24) is 0 Å². The molecule has 0 aliphatic carbocycles. The number of ether oxygens (including phenoxy) is 1. The van der Waals surface area contributed by atoms with E-state index in [0.29, 0.717) is 12.1 Å². The van der Waals surface area contributed by atoms with E-state index in [1.54, 1.807) is 0 Å². The first-order valence-electron chi connectivity index (χ1n) is 6.47. The fourth-order valence-corrected chi connectivity index (χ4v) is 2.00. The number of non-ortho nitro benzene ring substituents is 1. The third kappa shape index (κ3) is 2.67. The van der Waals surface area contributed by atoms with Gasteiger partial charge < -0.3 is 5.32 Å². The number of carbonyl (C=O) groups is 1. The maximum Gasteiger partial charge on any atom is 0.428 e. The minimum Gasteiger partial charge on any atom is -0.320 e. The number of halogens is 9. The van der Waals surface area contributed by atoms with Gasteiger partial charge in [-0.3, -0.25) is 19.6 Å². The SMILES string of the molecule is O=C(Nc1cccc([N+](=O)[O-])c1)C(F)(F)[C@]1(F)OC(F)(F)C(F)(F)C1(F)F. The molecule has 1 aromatic rings. The summed E-state index contributed by atoms with van der Waals surface area (Å²) in [5.41, 5.74) is -1.65. The maximum atomic E-state index is 14.0. The van der Waals surface area contributed by atoms with Crippen LogP contribution in [0.1, 0.15) is 0 Å². The molecule has 1 aromatic carbocycles. The van der Waals surface area contributed by atoms with Crippen LogP contribution in [0.5, 0.6) is 0 Å². The highest BCUT2D eigenvalue weighted by atomic mass is 19.4. The van der Waals surface area contributed by atoms with Crippen molar-refractivity contribution in [2.24, 2.45) is 0 Å². The van der Waals surface area contributed by atoms with Gasteiger partial charge in [0.25, 0.3) is 5.69 Å². The van der Waals surface area contributed by atoms with Gasteiger partial charge in [-0.2, -0.15) is 39.5 Å². The standard InChI is InChI=1S/C12H5F9N2O4/c13-8(14,7(24)22-5-2-1-3-6(4-5)23(25)26)11(19)9(15,16)10(17,18)12(20,21)27-11/h1-4H,(H,22,24)/t11-/m0/s1. The zero-order valence-electron chi connectivity index (χ0n) is 12.3. The van der Waals surface area contributed by atoms with E-state index in [1.165, 1.54) is 0 Å². The van der Waals surface area contributed by atoms with Crippen molar-refractivity contribution < 1.29 is 54.0 Å². The number of nitrogens with zero attached hydrogens (tertiary/aromatic N) is 1. The van der Waals surface area contributed by atoms with E-state index in [9.17, 15) is 54.4 Å². The van der Waals surface area contributed by atoms with Gasteiger partial charge in [-0.1, -0.05) is 6.07 Å². The van der Waals surface area contributed by atoms with E-state index in [0.717, 1.165) is 17.4 Å². The predicted octanol–water partition coefficient (Wildman–Crippen LogP) is 3.73. The largest absolute Gasteiger partial charge is 0.428 e. The van der Waals surface area contributed by atoms with E-state index in [2.05, 4.69) is 4.74 Å². The number of hydrogen-bond donors (Lipinski definition) is 1. The third-order valence-electron chi connectivity index (χ3n) is 3.44. The van der Waals surface area contributed by atoms with Crippen LogP contribution < -0.4 is 5.32 Å². The minimum atomic E-state index is -6.81. The molecule has 150 valence electrons. The van der Waals surface area contributed by atoms with E-state index in [1.807, 2.05) is 0 Å². The second kappa shape index (κ2) is 5.71. The lowest BCUT2D eigenvalue weighted by atomic mass is 9.99. The lowest BCUT2D eigenvalue weighted by molar-refractivity contribution is -0.384. The van der Waals surface area contributed by atoms with E-state index in [-0.39, 0.29) is 0 Å². The smallest absolute Gasteiger partial charge is 0.320 e. The molecule has 0 bridgehead atoms. The molecule has 0 spiro atoms. The average molecular weight is 412 g/mol. The Bertz CT molecular complexity index is 801. The molecule has 1 aliphatic rings. The number of carbonyl (C=O) groups excluding carboxylic acids is 1. The number of anilines is 1. The number of rotatable bonds is 4. The molecular formula is C12H5F9N2O4. The number of nitro benzene ring substituents is 1. The van der Waals surface area contributed by atoms with Crippen LogP contribution >= 0.6 is 0 Å². The van der Waals surface area contributed by atoms with Crippen molar-refractivity contribution in [1.29, 1.82) is 0 Å². The summed E-state index contributed by atoms with van der Waals surface area (Å²) in [4.78, 5) is 20.9. The molecule has 1 fully saturated rings. The van der Waals surface area contributed by atoms with Crippen molar-refractivity contribution in [2.45, 2.75) is 29.7 Å². The quantitative estimate of drug-likeness (QED) is 0.464. The van der Waals surface area contributed by atoms with Crippen LogP contribution in [-0.4, -0.2) is 40.6 Å². The van der Waals surface area contributed by atoms with Gasteiger partial charge in [0.1, 0.15) is 0 Å². The molecule has 0 unspecified atom stereocenters. The second-order valence-electron chi connectivity index (χ2n) is 5.20. The van der Waals surface area contributed by atoms with Crippen LogP contribution in [0.4, 0.5) is 50.9 Å². The van der Waals surface area contributed by atoms with E-state index < -0.39 is 51.9 Å². The number of hydrogen-bond acceptors (Lipinski definition) is 4. The van der Waals surface area contributed by atoms with Crippen LogP contribution in [0.2, 0.25) is 0 Å². The summed E-state index contributed by atoms with van der Waals surface area (Å²) in [7, 11) is 0. The molecule has 2 rings (SSSR count). The summed E-state index contributed by atoms with van der Waals surface area (Å²) in [5.74, 6) is -29.3. The Balaban J connectivity index is 2.41. The summed E-state index contributed by atoms with van der Waals surface area (Å²) in [5, 5.41) is 11.6. The highest BCUT2D eigenvalue weighted by Gasteiger charge is 2.96. The van der Waals surface area contributed by atoms with Crippen LogP contribution in [-0.2, 0) is 9.53 Å². The zero-order chi connectivity index (χ0) is 21.1. The van der Waals surface area contributed by atoms with Crippen molar-refractivity contribution in [3.05, 3.63) is 34.4 Å². The summed E-state index contributed by atoms with van der Waals surface area (Å²) in [6, 6.07) is 2.79. The minimum absolute atomic E-state index is 0.426. The summed E-state index contributed by atoms with van der Waals surface area (Å²) >= 11 is 0. The molecule has 0 saturated carbocycles. The zero-order valence-corrected chi connectivity index (χ0v) is 12.3. The van der Waals surface area contributed by atoms with Crippen LogP contribution in [0, 0.1) is 10.1 Å². The number of nitro groups is 1. The topological polar surface area (TPSA) is 81.5 Å². The number of alkyl halides is 9. The van der Waals surface area contributed by atoms with Crippen molar-refractivity contribution in [2.75, 3.05) is 5.32 Å². The lowest BCUT2D eigenvalue weighted by Crippen LogP contribution is -2.63. The predicted molar refractivity (Wildman–Crippen MR) is 66.4 cm³/mol. The summed E-state index contributed by atoms with van der Waals surface area (Å²) < 4.78 is 122. The normalized spacial score (nSPS) is 25.8. The fraction of sp³-hybridized carbons (Fsp3) is 0.417. The van der Waals surface area contributed by atoms with Gasteiger partial charge in [0.2, 0.25) is 0 Å². The van der Waals surface area contributed by atoms with Crippen LogP contribution in [0.15, 0.2) is 24.3 Å². The van der Waals surface area contributed by atoms with Crippen molar-refractivity contribution in [3.63, 3.8) is 0 Å². The molecule has 1 amide bonds. The van der Waals surface area contributed by atoms with Crippen LogP contribution in [0.25, 0.3) is 0 Å². The first-order chi connectivity index (χ1) is 12.0. The van der Waals surface area contributed by atoms with Gasteiger partial charge in [-0.25, -0.2) is 0 Å². The molecule has 1 saturated heterocycles. The molecular weight excluding hydrogens is 407 g/mol. The van der Waals surface area contributed by atoms with Gasteiger partial charge in [-0.15, -0.1) is 0 Å². The van der Waals surface area contributed by atoms with Gasteiger partial charge >= 0.3 is 35.6 Å². The lowest BCUT2D eigenvalue weighted by Gasteiger charge is -2.31. The van der Waals surface area contributed by atoms with Crippen molar-refractivity contribution in [3.8, 4) is 0 Å². The Morgan fingerprint density at radius 1 is 1.07 bits per heavy atom. The Kier molecular flexibility index (Phi) is 4.38. The molecule has 15 heteroatoms. The molecule has 1 atom stereocenters. The molecule has 1 aliphatic heterocycles. The number of nitrogens with one attached hydrogen (secondary N) is 1. The Morgan fingerprint density at radius 3 is 2.07 bits per heavy atom. The second-order valence-corrected chi connectivity index (χ2v) is 5.20. The first-order valence-corrected chi connectivity index (χ1v) is 6.47. The Labute approximate surface area is 142 Å².